The number of hydrogen-bond acceptors (Lipinski definition) is 8. The molecule has 0 spiro atoms. The van der Waals surface area contributed by atoms with Crippen molar-refractivity contribution in [2.75, 3.05) is 42.7 Å². The van der Waals surface area contributed by atoms with Crippen LogP contribution in [0, 0.1) is 25.7 Å². The molecule has 0 saturated carbocycles. The summed E-state index contributed by atoms with van der Waals surface area (Å²) in [6, 6.07) is 6.59. The molecule has 0 amide bonds. The maximum Gasteiger partial charge on any atom is 0.348 e. The zero-order valence-electron chi connectivity index (χ0n) is 27.5. The first kappa shape index (κ1) is 37.3. The van der Waals surface area contributed by atoms with Gasteiger partial charge in [0.05, 0.1) is 18.8 Å². The van der Waals surface area contributed by atoms with E-state index < -0.39 is 11.9 Å². The first-order valence-corrected chi connectivity index (χ1v) is 16.7. The lowest BCUT2D eigenvalue weighted by Gasteiger charge is -2.33. The monoisotopic (exact) mass is 603 g/mol. The Morgan fingerprint density at radius 2 is 1.36 bits per heavy atom. The first-order valence-electron chi connectivity index (χ1n) is 15.9. The van der Waals surface area contributed by atoms with Gasteiger partial charge in [0.1, 0.15) is 9.88 Å². The van der Waals surface area contributed by atoms with Crippen molar-refractivity contribution in [3.05, 3.63) is 39.8 Å². The average Bonchev–Trinajstić information content (AvgIpc) is 3.27. The molecule has 2 aromatic rings. The molecule has 0 aliphatic heterocycles. The summed E-state index contributed by atoms with van der Waals surface area (Å²) < 4.78 is 9.76. The van der Waals surface area contributed by atoms with Gasteiger partial charge in [-0.05, 0) is 81.7 Å². The smallest absolute Gasteiger partial charge is 0.348 e. The quantitative estimate of drug-likeness (QED) is 0.137. The Morgan fingerprint density at radius 1 is 0.833 bits per heavy atom. The molecule has 1 heterocycles. The lowest BCUT2D eigenvalue weighted by atomic mass is 9.95. The van der Waals surface area contributed by atoms with Crippen LogP contribution in [0.4, 0.5) is 16.4 Å². The fourth-order valence-corrected chi connectivity index (χ4v) is 5.94. The number of nitrogen functional groups attached to an aromatic ring is 2. The number of nitrogens with zero attached hydrogens (tertiary/aromatic N) is 1. The van der Waals surface area contributed by atoms with Gasteiger partial charge in [-0.3, -0.25) is 0 Å². The topological polar surface area (TPSA) is 108 Å². The number of carbonyl (C=O) groups excluding carboxylic acids is 2. The first-order chi connectivity index (χ1) is 20.1. The number of aryl methyl sites for hydroxylation is 1. The SMILES string of the molecule is CCCCC(CC)CN(CC(CC)CCCC)c1ccc(N)c(C)c1.CCOC(=O)c1sc(N)c(C(=O)OCC)c1C. The lowest BCUT2D eigenvalue weighted by molar-refractivity contribution is 0.0527. The Balaban J connectivity index is 0.000000452. The molecule has 7 nitrogen and oxygen atoms in total. The van der Waals surface area contributed by atoms with Crippen LogP contribution in [0.2, 0.25) is 0 Å². The van der Waals surface area contributed by atoms with Gasteiger partial charge in [0.15, 0.2) is 0 Å². The maximum atomic E-state index is 11.6. The van der Waals surface area contributed by atoms with Crippen molar-refractivity contribution in [3.8, 4) is 0 Å². The van der Waals surface area contributed by atoms with Crippen molar-refractivity contribution >= 4 is 39.7 Å². The van der Waals surface area contributed by atoms with Crippen LogP contribution in [0.1, 0.15) is 124 Å². The van der Waals surface area contributed by atoms with Crippen LogP contribution in [0.15, 0.2) is 18.2 Å². The second kappa shape index (κ2) is 20.2. The molecule has 42 heavy (non-hydrogen) atoms. The number of thiophene rings is 1. The van der Waals surface area contributed by atoms with E-state index in [1.165, 1.54) is 75.7 Å². The number of benzene rings is 1. The number of anilines is 3. The van der Waals surface area contributed by atoms with Crippen molar-refractivity contribution in [1.82, 2.24) is 0 Å². The molecule has 1 aromatic carbocycles. The molecule has 2 atom stereocenters. The molecule has 0 aliphatic rings. The molecular weight excluding hydrogens is 546 g/mol. The Bertz CT molecular complexity index is 1070. The minimum atomic E-state index is -0.505. The molecule has 2 unspecified atom stereocenters. The summed E-state index contributed by atoms with van der Waals surface area (Å²) in [6.45, 7) is 19.4. The summed E-state index contributed by atoms with van der Waals surface area (Å²) in [5.41, 5.74) is 16.0. The van der Waals surface area contributed by atoms with E-state index in [9.17, 15) is 9.59 Å². The van der Waals surface area contributed by atoms with Crippen molar-refractivity contribution in [2.24, 2.45) is 11.8 Å². The van der Waals surface area contributed by atoms with E-state index in [4.69, 9.17) is 20.9 Å². The predicted molar refractivity (Wildman–Crippen MR) is 180 cm³/mol. The minimum absolute atomic E-state index is 0.264. The van der Waals surface area contributed by atoms with Gasteiger partial charge in [0, 0.05) is 24.5 Å². The van der Waals surface area contributed by atoms with E-state index in [1.54, 1.807) is 20.8 Å². The fourth-order valence-electron chi connectivity index (χ4n) is 4.98. The van der Waals surface area contributed by atoms with Gasteiger partial charge in [0.2, 0.25) is 0 Å². The number of nitrogens with two attached hydrogens (primary N) is 2. The number of unbranched alkanes of at least 4 members (excludes halogenated alkanes) is 2. The van der Waals surface area contributed by atoms with Crippen molar-refractivity contribution < 1.29 is 19.1 Å². The van der Waals surface area contributed by atoms with E-state index in [0.29, 0.717) is 10.4 Å². The Hall–Kier alpha value is -2.74. The highest BCUT2D eigenvalue weighted by molar-refractivity contribution is 7.18. The summed E-state index contributed by atoms with van der Waals surface area (Å²) in [4.78, 5) is 26.2. The zero-order chi connectivity index (χ0) is 31.7. The minimum Gasteiger partial charge on any atom is -0.462 e. The van der Waals surface area contributed by atoms with Crippen molar-refractivity contribution in [3.63, 3.8) is 0 Å². The van der Waals surface area contributed by atoms with Crippen LogP contribution < -0.4 is 16.4 Å². The van der Waals surface area contributed by atoms with Crippen LogP contribution in [-0.2, 0) is 9.47 Å². The Labute approximate surface area is 259 Å². The molecular formula is C34H57N3O4S. The van der Waals surface area contributed by atoms with E-state index in [-0.39, 0.29) is 23.8 Å². The van der Waals surface area contributed by atoms with E-state index in [2.05, 4.69) is 57.7 Å². The van der Waals surface area contributed by atoms with Crippen LogP contribution in [0.3, 0.4) is 0 Å². The zero-order valence-corrected chi connectivity index (χ0v) is 28.3. The maximum absolute atomic E-state index is 11.6. The summed E-state index contributed by atoms with van der Waals surface area (Å²) >= 11 is 1.05. The largest absolute Gasteiger partial charge is 0.462 e. The number of ether oxygens (including phenoxy) is 2. The molecule has 0 fully saturated rings. The third-order valence-corrected chi connectivity index (χ3v) is 8.88. The summed E-state index contributed by atoms with van der Waals surface area (Å²) in [7, 11) is 0. The Kier molecular flexibility index (Phi) is 17.9. The van der Waals surface area contributed by atoms with Crippen LogP contribution in [-0.4, -0.2) is 38.2 Å². The molecule has 2 rings (SSSR count). The highest BCUT2D eigenvalue weighted by Gasteiger charge is 2.24. The molecule has 238 valence electrons. The molecule has 1 aromatic heterocycles. The molecule has 0 saturated heterocycles. The normalized spacial score (nSPS) is 12.2. The molecule has 0 radical (unpaired) electrons. The number of esters is 2. The van der Waals surface area contributed by atoms with Crippen molar-refractivity contribution in [2.45, 2.75) is 107 Å². The van der Waals surface area contributed by atoms with Gasteiger partial charge < -0.3 is 25.8 Å². The van der Waals surface area contributed by atoms with Crippen LogP contribution in [0.5, 0.6) is 0 Å². The summed E-state index contributed by atoms with van der Waals surface area (Å²) in [6.07, 6.45) is 10.5. The number of rotatable bonds is 17. The van der Waals surface area contributed by atoms with Crippen LogP contribution in [0.25, 0.3) is 0 Å². The average molecular weight is 604 g/mol. The second-order valence-corrected chi connectivity index (χ2v) is 12.1. The van der Waals surface area contributed by atoms with Gasteiger partial charge in [-0.25, -0.2) is 9.59 Å². The number of hydrogen-bond donors (Lipinski definition) is 2. The highest BCUT2D eigenvalue weighted by Crippen LogP contribution is 2.32. The summed E-state index contributed by atoms with van der Waals surface area (Å²) in [5, 5.41) is 0.281. The van der Waals surface area contributed by atoms with Gasteiger partial charge in [-0.15, -0.1) is 11.3 Å². The van der Waals surface area contributed by atoms with Crippen molar-refractivity contribution in [1.29, 1.82) is 0 Å². The second-order valence-electron chi connectivity index (χ2n) is 11.0. The van der Waals surface area contributed by atoms with E-state index in [1.807, 2.05) is 0 Å². The standard InChI is InChI=1S/C23H42N2.C11H15NO4S/c1-6-10-12-20(8-3)17-25(18-21(9-4)13-11-7-2)22-14-15-23(24)19(5)16-22;1-4-15-10(13)7-6(3)8(17-9(7)12)11(14)16-5-2/h14-16,20-21H,6-13,17-18,24H2,1-5H3;4-5,12H2,1-3H3. The molecule has 4 N–H and O–H groups in total. The lowest BCUT2D eigenvalue weighted by Crippen LogP contribution is -2.34. The third-order valence-electron chi connectivity index (χ3n) is 7.78. The molecule has 0 aliphatic carbocycles. The predicted octanol–water partition coefficient (Wildman–Crippen LogP) is 8.81. The molecule has 0 bridgehead atoms. The highest BCUT2D eigenvalue weighted by atomic mass is 32.1. The van der Waals surface area contributed by atoms with Gasteiger partial charge >= 0.3 is 11.9 Å². The number of carbonyl (C=O) groups is 2. The van der Waals surface area contributed by atoms with Gasteiger partial charge in [-0.2, -0.15) is 0 Å². The molecule has 8 heteroatoms. The van der Waals surface area contributed by atoms with Crippen LogP contribution >= 0.6 is 11.3 Å². The Morgan fingerprint density at radius 3 is 1.81 bits per heavy atom. The van der Waals surface area contributed by atoms with E-state index in [0.717, 1.165) is 28.9 Å². The third kappa shape index (κ3) is 11.9. The van der Waals surface area contributed by atoms with Gasteiger partial charge in [0.25, 0.3) is 0 Å². The van der Waals surface area contributed by atoms with Gasteiger partial charge in [-0.1, -0.05) is 66.2 Å². The summed E-state index contributed by atoms with van der Waals surface area (Å²) in [5.74, 6) is 0.620. The fraction of sp³-hybridized carbons (Fsp3) is 0.647. The van der Waals surface area contributed by atoms with E-state index >= 15 is 0 Å².